The maximum absolute atomic E-state index is 2.40. The van der Waals surface area contributed by atoms with Crippen LogP contribution in [0, 0.1) is 0 Å². The van der Waals surface area contributed by atoms with Gasteiger partial charge in [0.1, 0.15) is 0 Å². The van der Waals surface area contributed by atoms with Crippen LogP contribution in [0.25, 0.3) is 65.7 Å². The fraction of sp³-hybridized carbons (Fsp3) is 0.0204. The topological polar surface area (TPSA) is 3.24 Å². The Morgan fingerprint density at radius 3 is 1.51 bits per heavy atom. The standard InChI is InChI=1S/C49H35NS/c1-51-49-24-10-9-19-42(49)38-17-11-15-36(31-38)37-16-12-18-40(32-37)50(39-27-25-35(26-28-39)34-13-3-2-4-14-34)41-29-30-47-45-22-6-5-20-43(45)44-21-7-8-23-46(44)48(47)33-41/h2-33H,1H3. The zero-order chi connectivity index (χ0) is 34.1. The third-order valence-electron chi connectivity index (χ3n) is 9.94. The van der Waals surface area contributed by atoms with Gasteiger partial charge >= 0.3 is 0 Å². The molecule has 0 aliphatic carbocycles. The van der Waals surface area contributed by atoms with Gasteiger partial charge in [-0.15, -0.1) is 11.8 Å². The van der Waals surface area contributed by atoms with E-state index in [1.165, 1.54) is 70.6 Å². The van der Waals surface area contributed by atoms with Crippen LogP contribution in [0.1, 0.15) is 0 Å². The Labute approximate surface area is 303 Å². The van der Waals surface area contributed by atoms with Crippen molar-refractivity contribution in [2.24, 2.45) is 0 Å². The first-order chi connectivity index (χ1) is 25.2. The molecule has 9 rings (SSSR count). The molecular weight excluding hydrogens is 635 g/mol. The number of hydrogen-bond acceptors (Lipinski definition) is 2. The number of hydrogen-bond donors (Lipinski definition) is 0. The van der Waals surface area contributed by atoms with Crippen LogP contribution < -0.4 is 4.90 Å². The van der Waals surface area contributed by atoms with E-state index in [2.05, 4.69) is 205 Å². The summed E-state index contributed by atoms with van der Waals surface area (Å²) in [5.41, 5.74) is 10.6. The number of rotatable bonds is 7. The van der Waals surface area contributed by atoms with Gasteiger partial charge in [-0.2, -0.15) is 0 Å². The Bertz CT molecular complexity index is 2640. The highest BCUT2D eigenvalue weighted by Gasteiger charge is 2.17. The summed E-state index contributed by atoms with van der Waals surface area (Å²) >= 11 is 1.79. The second kappa shape index (κ2) is 13.3. The molecule has 0 unspecified atom stereocenters. The summed E-state index contributed by atoms with van der Waals surface area (Å²) in [7, 11) is 0. The zero-order valence-corrected chi connectivity index (χ0v) is 29.1. The van der Waals surface area contributed by atoms with E-state index in [-0.39, 0.29) is 0 Å². The fourth-order valence-corrected chi connectivity index (χ4v) is 8.11. The van der Waals surface area contributed by atoms with Crippen LogP contribution in [0.2, 0.25) is 0 Å². The molecular formula is C49H35NS. The third kappa shape index (κ3) is 5.74. The Morgan fingerprint density at radius 2 is 0.804 bits per heavy atom. The molecule has 0 N–H and O–H groups in total. The molecule has 0 saturated carbocycles. The largest absolute Gasteiger partial charge is 0.310 e. The molecule has 0 heterocycles. The molecule has 242 valence electrons. The summed E-state index contributed by atoms with van der Waals surface area (Å²) in [6.07, 6.45) is 2.14. The summed E-state index contributed by atoms with van der Waals surface area (Å²) < 4.78 is 0. The van der Waals surface area contributed by atoms with Crippen LogP contribution >= 0.6 is 11.8 Å². The van der Waals surface area contributed by atoms with Crippen LogP contribution in [0.4, 0.5) is 17.1 Å². The molecule has 0 fully saturated rings. The fourth-order valence-electron chi connectivity index (χ4n) is 7.49. The second-order valence-electron chi connectivity index (χ2n) is 12.9. The monoisotopic (exact) mass is 669 g/mol. The molecule has 51 heavy (non-hydrogen) atoms. The average molecular weight is 670 g/mol. The number of thioether (sulfide) groups is 1. The van der Waals surface area contributed by atoms with Crippen molar-refractivity contribution in [1.82, 2.24) is 0 Å². The minimum Gasteiger partial charge on any atom is -0.310 e. The third-order valence-corrected chi connectivity index (χ3v) is 10.7. The van der Waals surface area contributed by atoms with Gasteiger partial charge < -0.3 is 4.90 Å². The summed E-state index contributed by atoms with van der Waals surface area (Å²) in [5, 5.41) is 7.63. The highest BCUT2D eigenvalue weighted by Crippen LogP contribution is 2.42. The minimum atomic E-state index is 1.11. The molecule has 0 amide bonds. The Morgan fingerprint density at radius 1 is 0.314 bits per heavy atom. The van der Waals surface area contributed by atoms with Gasteiger partial charge in [0.2, 0.25) is 0 Å². The van der Waals surface area contributed by atoms with Crippen molar-refractivity contribution in [2.45, 2.75) is 4.90 Å². The van der Waals surface area contributed by atoms with Crippen LogP contribution in [-0.4, -0.2) is 6.26 Å². The number of anilines is 3. The minimum absolute atomic E-state index is 1.11. The van der Waals surface area contributed by atoms with Crippen molar-refractivity contribution in [2.75, 3.05) is 11.2 Å². The average Bonchev–Trinajstić information content (AvgIpc) is 3.22. The van der Waals surface area contributed by atoms with E-state index < -0.39 is 0 Å². The van der Waals surface area contributed by atoms with Gasteiger partial charge in [-0.3, -0.25) is 0 Å². The highest BCUT2D eigenvalue weighted by molar-refractivity contribution is 7.98. The first kappa shape index (κ1) is 30.9. The van der Waals surface area contributed by atoms with Crippen molar-refractivity contribution < 1.29 is 0 Å². The van der Waals surface area contributed by atoms with Crippen LogP contribution in [0.3, 0.4) is 0 Å². The first-order valence-corrected chi connectivity index (χ1v) is 18.6. The molecule has 9 aromatic carbocycles. The van der Waals surface area contributed by atoms with Crippen LogP contribution in [0.15, 0.2) is 199 Å². The Kier molecular flexibility index (Phi) is 8.08. The molecule has 1 nitrogen and oxygen atoms in total. The molecule has 0 aliphatic rings. The Hall–Kier alpha value is -6.09. The molecule has 0 saturated heterocycles. The van der Waals surface area contributed by atoms with Gasteiger partial charge in [0, 0.05) is 22.0 Å². The van der Waals surface area contributed by atoms with Crippen molar-refractivity contribution in [3.05, 3.63) is 194 Å². The van der Waals surface area contributed by atoms with E-state index in [0.717, 1.165) is 17.1 Å². The molecule has 0 aliphatic heterocycles. The molecule has 0 radical (unpaired) electrons. The molecule has 0 atom stereocenters. The number of fused-ring (bicyclic) bond motifs is 6. The van der Waals surface area contributed by atoms with Gasteiger partial charge in [0.25, 0.3) is 0 Å². The summed E-state index contributed by atoms with van der Waals surface area (Å²) in [6, 6.07) is 70.6. The van der Waals surface area contributed by atoms with E-state index in [9.17, 15) is 0 Å². The van der Waals surface area contributed by atoms with Crippen LogP contribution in [-0.2, 0) is 0 Å². The van der Waals surface area contributed by atoms with Crippen molar-refractivity contribution in [1.29, 1.82) is 0 Å². The van der Waals surface area contributed by atoms with Gasteiger partial charge in [-0.25, -0.2) is 0 Å². The summed E-state index contributed by atoms with van der Waals surface area (Å²) in [6.45, 7) is 0. The van der Waals surface area contributed by atoms with Gasteiger partial charge in [-0.1, -0.05) is 146 Å². The lowest BCUT2D eigenvalue weighted by atomic mass is 9.94. The molecule has 2 heteroatoms. The van der Waals surface area contributed by atoms with Gasteiger partial charge in [-0.05, 0) is 120 Å². The number of benzene rings is 9. The van der Waals surface area contributed by atoms with Crippen molar-refractivity contribution in [3.8, 4) is 33.4 Å². The maximum Gasteiger partial charge on any atom is 0.0468 e. The van der Waals surface area contributed by atoms with E-state index in [4.69, 9.17) is 0 Å². The Balaban J connectivity index is 1.21. The SMILES string of the molecule is CSc1ccccc1-c1cccc(-c2cccc(N(c3ccc(-c4ccccc4)cc3)c3ccc4c5ccccc5c5ccccc5c4c3)c2)c1. The molecule has 9 aromatic rings. The van der Waals surface area contributed by atoms with Gasteiger partial charge in [0.15, 0.2) is 0 Å². The predicted octanol–water partition coefficient (Wildman–Crippen LogP) is 14.3. The number of nitrogens with zero attached hydrogens (tertiary/aromatic N) is 1. The van der Waals surface area contributed by atoms with E-state index >= 15 is 0 Å². The lowest BCUT2D eigenvalue weighted by Gasteiger charge is -2.27. The van der Waals surface area contributed by atoms with Crippen molar-refractivity contribution >= 4 is 61.1 Å². The molecule has 0 spiro atoms. The molecule has 0 aromatic heterocycles. The van der Waals surface area contributed by atoms with Crippen molar-refractivity contribution in [3.63, 3.8) is 0 Å². The quantitative estimate of drug-likeness (QED) is 0.123. The predicted molar refractivity (Wildman–Crippen MR) is 222 cm³/mol. The normalized spacial score (nSPS) is 11.3. The van der Waals surface area contributed by atoms with E-state index in [1.807, 2.05) is 0 Å². The zero-order valence-electron chi connectivity index (χ0n) is 28.3. The smallest absolute Gasteiger partial charge is 0.0468 e. The van der Waals surface area contributed by atoms with Gasteiger partial charge in [0.05, 0.1) is 0 Å². The lowest BCUT2D eigenvalue weighted by molar-refractivity contribution is 1.29. The summed E-state index contributed by atoms with van der Waals surface area (Å²) in [5.74, 6) is 0. The highest BCUT2D eigenvalue weighted by atomic mass is 32.2. The maximum atomic E-state index is 2.40. The molecule has 0 bridgehead atoms. The first-order valence-electron chi connectivity index (χ1n) is 17.4. The summed E-state index contributed by atoms with van der Waals surface area (Å²) in [4.78, 5) is 3.68. The van der Waals surface area contributed by atoms with E-state index in [0.29, 0.717) is 0 Å². The lowest BCUT2D eigenvalue weighted by Crippen LogP contribution is -2.10. The second-order valence-corrected chi connectivity index (χ2v) is 13.7. The van der Waals surface area contributed by atoms with Crippen LogP contribution in [0.5, 0.6) is 0 Å². The van der Waals surface area contributed by atoms with E-state index in [1.54, 1.807) is 11.8 Å².